The minimum absolute atomic E-state index is 0.191. The number of ether oxygens (including phenoxy) is 1. The monoisotopic (exact) mass is 359 g/mol. The standard InChI is InChI=1S/C22H21N3O2/c1-15-4-2-3-5-17(15)14-27-19-9-6-16(7-10-19)13-23-18-8-11-20-21(12-18)25-22(26)24-20/h2-12,23H,13-14H2,1H3,(H2,24,25,26). The zero-order valence-corrected chi connectivity index (χ0v) is 15.1. The van der Waals surface area contributed by atoms with E-state index in [-0.39, 0.29) is 5.69 Å². The van der Waals surface area contributed by atoms with Gasteiger partial charge < -0.3 is 20.0 Å². The van der Waals surface area contributed by atoms with Crippen molar-refractivity contribution in [2.75, 3.05) is 5.32 Å². The smallest absolute Gasteiger partial charge is 0.323 e. The summed E-state index contributed by atoms with van der Waals surface area (Å²) < 4.78 is 5.88. The van der Waals surface area contributed by atoms with Crippen molar-refractivity contribution in [2.45, 2.75) is 20.1 Å². The number of hydrogen-bond acceptors (Lipinski definition) is 3. The third-order valence-corrected chi connectivity index (χ3v) is 4.59. The molecule has 0 unspecified atom stereocenters. The summed E-state index contributed by atoms with van der Waals surface area (Å²) in [5, 5.41) is 3.37. The lowest BCUT2D eigenvalue weighted by Crippen LogP contribution is -2.00. The SMILES string of the molecule is Cc1ccccc1COc1ccc(CNc2ccc3[nH]c(=O)[nH]c3c2)cc1. The molecular weight excluding hydrogens is 338 g/mol. The van der Waals surface area contributed by atoms with Crippen molar-refractivity contribution >= 4 is 16.7 Å². The molecule has 4 rings (SSSR count). The van der Waals surface area contributed by atoms with Crippen LogP contribution in [0.4, 0.5) is 5.69 Å². The molecule has 3 N–H and O–H groups in total. The first kappa shape index (κ1) is 17.0. The number of aryl methyl sites for hydroxylation is 1. The average Bonchev–Trinajstić information content (AvgIpc) is 3.06. The van der Waals surface area contributed by atoms with Gasteiger partial charge in [0.05, 0.1) is 11.0 Å². The highest BCUT2D eigenvalue weighted by molar-refractivity contribution is 5.78. The molecule has 27 heavy (non-hydrogen) atoms. The molecule has 3 aromatic carbocycles. The molecule has 0 saturated carbocycles. The zero-order chi connectivity index (χ0) is 18.6. The lowest BCUT2D eigenvalue weighted by atomic mass is 10.1. The fraction of sp³-hybridized carbons (Fsp3) is 0.136. The highest BCUT2D eigenvalue weighted by Gasteiger charge is 2.02. The summed E-state index contributed by atoms with van der Waals surface area (Å²) in [6.45, 7) is 3.35. The van der Waals surface area contributed by atoms with E-state index < -0.39 is 0 Å². The number of hydrogen-bond donors (Lipinski definition) is 3. The number of aromatic amines is 2. The van der Waals surface area contributed by atoms with Crippen LogP contribution in [0.1, 0.15) is 16.7 Å². The lowest BCUT2D eigenvalue weighted by Gasteiger charge is -2.10. The third-order valence-electron chi connectivity index (χ3n) is 4.59. The van der Waals surface area contributed by atoms with E-state index in [0.29, 0.717) is 13.2 Å². The van der Waals surface area contributed by atoms with E-state index in [1.165, 1.54) is 11.1 Å². The molecule has 0 aliphatic rings. The number of H-pyrrole nitrogens is 2. The Morgan fingerprint density at radius 3 is 2.52 bits per heavy atom. The van der Waals surface area contributed by atoms with Crippen LogP contribution in [0.15, 0.2) is 71.5 Å². The number of rotatable bonds is 6. The van der Waals surface area contributed by atoms with Crippen LogP contribution in [-0.2, 0) is 13.2 Å². The van der Waals surface area contributed by atoms with E-state index in [1.54, 1.807) is 0 Å². The molecule has 0 saturated heterocycles. The van der Waals surface area contributed by atoms with E-state index in [1.807, 2.05) is 42.5 Å². The van der Waals surface area contributed by atoms with Gasteiger partial charge in [-0.1, -0.05) is 36.4 Å². The molecule has 0 radical (unpaired) electrons. The minimum Gasteiger partial charge on any atom is -0.489 e. The van der Waals surface area contributed by atoms with Crippen molar-refractivity contribution in [1.29, 1.82) is 0 Å². The van der Waals surface area contributed by atoms with Gasteiger partial charge in [0.1, 0.15) is 12.4 Å². The summed E-state index contributed by atoms with van der Waals surface area (Å²) in [6.07, 6.45) is 0. The normalized spacial score (nSPS) is 10.9. The van der Waals surface area contributed by atoms with E-state index >= 15 is 0 Å². The molecular formula is C22H21N3O2. The van der Waals surface area contributed by atoms with Gasteiger partial charge in [0.15, 0.2) is 0 Å². The Hall–Kier alpha value is -3.47. The molecule has 0 fully saturated rings. The maximum atomic E-state index is 11.3. The topological polar surface area (TPSA) is 69.9 Å². The van der Waals surface area contributed by atoms with Gasteiger partial charge in [0.25, 0.3) is 0 Å². The van der Waals surface area contributed by atoms with E-state index in [0.717, 1.165) is 28.0 Å². The predicted molar refractivity (Wildman–Crippen MR) is 108 cm³/mol. The van der Waals surface area contributed by atoms with Crippen molar-refractivity contribution in [2.24, 2.45) is 0 Å². The van der Waals surface area contributed by atoms with Crippen LogP contribution in [0.3, 0.4) is 0 Å². The number of fused-ring (bicyclic) bond motifs is 1. The second-order valence-corrected chi connectivity index (χ2v) is 6.55. The zero-order valence-electron chi connectivity index (χ0n) is 15.1. The van der Waals surface area contributed by atoms with Gasteiger partial charge >= 0.3 is 5.69 Å². The average molecular weight is 359 g/mol. The molecule has 0 amide bonds. The molecule has 0 atom stereocenters. The molecule has 1 aromatic heterocycles. The van der Waals surface area contributed by atoms with Gasteiger partial charge in [-0.3, -0.25) is 0 Å². The van der Waals surface area contributed by atoms with Crippen molar-refractivity contribution in [1.82, 2.24) is 9.97 Å². The van der Waals surface area contributed by atoms with Gasteiger partial charge in [-0.2, -0.15) is 0 Å². The first-order valence-electron chi connectivity index (χ1n) is 8.89. The van der Waals surface area contributed by atoms with E-state index in [9.17, 15) is 4.79 Å². The van der Waals surface area contributed by atoms with Crippen LogP contribution in [0.5, 0.6) is 5.75 Å². The second kappa shape index (κ2) is 7.41. The van der Waals surface area contributed by atoms with Crippen LogP contribution in [0.25, 0.3) is 11.0 Å². The van der Waals surface area contributed by atoms with E-state index in [2.05, 4.69) is 46.5 Å². The fourth-order valence-corrected chi connectivity index (χ4v) is 2.98. The molecule has 1 heterocycles. The van der Waals surface area contributed by atoms with Crippen molar-refractivity contribution in [3.8, 4) is 5.75 Å². The molecule has 0 aliphatic carbocycles. The van der Waals surface area contributed by atoms with E-state index in [4.69, 9.17) is 4.74 Å². The summed E-state index contributed by atoms with van der Waals surface area (Å²) in [5.74, 6) is 0.855. The maximum absolute atomic E-state index is 11.3. The van der Waals surface area contributed by atoms with Gasteiger partial charge in [-0.05, 0) is 53.9 Å². The van der Waals surface area contributed by atoms with Crippen molar-refractivity contribution < 1.29 is 4.74 Å². The highest BCUT2D eigenvalue weighted by atomic mass is 16.5. The summed E-state index contributed by atoms with van der Waals surface area (Å²) in [4.78, 5) is 16.8. The third kappa shape index (κ3) is 4.03. The first-order valence-corrected chi connectivity index (χ1v) is 8.89. The molecule has 0 spiro atoms. The quantitative estimate of drug-likeness (QED) is 0.479. The summed E-state index contributed by atoms with van der Waals surface area (Å²) >= 11 is 0. The summed E-state index contributed by atoms with van der Waals surface area (Å²) in [7, 11) is 0. The van der Waals surface area contributed by atoms with Crippen LogP contribution in [-0.4, -0.2) is 9.97 Å². The van der Waals surface area contributed by atoms with Gasteiger partial charge in [0, 0.05) is 12.2 Å². The molecule has 136 valence electrons. The minimum atomic E-state index is -0.191. The Labute approximate surface area is 157 Å². The Balaban J connectivity index is 1.35. The van der Waals surface area contributed by atoms with Gasteiger partial charge in [-0.15, -0.1) is 0 Å². The van der Waals surface area contributed by atoms with Crippen LogP contribution in [0, 0.1) is 6.92 Å². The number of aromatic nitrogens is 2. The highest BCUT2D eigenvalue weighted by Crippen LogP contribution is 2.18. The number of anilines is 1. The summed E-state index contributed by atoms with van der Waals surface area (Å²) in [5.41, 5.74) is 5.95. The second-order valence-electron chi connectivity index (χ2n) is 6.55. The van der Waals surface area contributed by atoms with Gasteiger partial charge in [0.2, 0.25) is 0 Å². The van der Waals surface area contributed by atoms with Crippen LogP contribution in [0.2, 0.25) is 0 Å². The largest absolute Gasteiger partial charge is 0.489 e. The van der Waals surface area contributed by atoms with Crippen molar-refractivity contribution in [3.63, 3.8) is 0 Å². The maximum Gasteiger partial charge on any atom is 0.323 e. The number of imidazole rings is 1. The first-order chi connectivity index (χ1) is 13.2. The molecule has 5 heteroatoms. The Morgan fingerprint density at radius 1 is 0.926 bits per heavy atom. The van der Waals surface area contributed by atoms with Crippen LogP contribution >= 0.6 is 0 Å². The lowest BCUT2D eigenvalue weighted by molar-refractivity contribution is 0.305. The number of nitrogens with one attached hydrogen (secondary N) is 3. The molecule has 5 nitrogen and oxygen atoms in total. The molecule has 4 aromatic rings. The molecule has 0 bridgehead atoms. The Kier molecular flexibility index (Phi) is 4.66. The van der Waals surface area contributed by atoms with Gasteiger partial charge in [-0.25, -0.2) is 4.79 Å². The predicted octanol–water partition coefficient (Wildman–Crippen LogP) is 4.36. The summed E-state index contributed by atoms with van der Waals surface area (Å²) in [6, 6.07) is 22.1. The van der Waals surface area contributed by atoms with Crippen LogP contribution < -0.4 is 15.7 Å². The van der Waals surface area contributed by atoms with Crippen molar-refractivity contribution in [3.05, 3.63) is 93.9 Å². The fourth-order valence-electron chi connectivity index (χ4n) is 2.98. The number of benzene rings is 3. The Bertz CT molecular complexity index is 1110. The molecule has 0 aliphatic heterocycles. The Morgan fingerprint density at radius 2 is 1.70 bits per heavy atom.